The molecular weight excluding hydrogens is 346 g/mol. The molecule has 1 spiro atoms. The molecule has 8 heteroatoms. The van der Waals surface area contributed by atoms with E-state index in [1.807, 2.05) is 27.7 Å². The third-order valence-electron chi connectivity index (χ3n) is 4.72. The van der Waals surface area contributed by atoms with Gasteiger partial charge in [-0.2, -0.15) is 0 Å². The normalized spacial score (nSPS) is 22.9. The van der Waals surface area contributed by atoms with Crippen LogP contribution in [0.3, 0.4) is 0 Å². The lowest BCUT2D eigenvalue weighted by Crippen LogP contribution is -2.45. The highest BCUT2D eigenvalue weighted by Crippen LogP contribution is 2.47. The minimum absolute atomic E-state index is 0.214. The number of likely N-dealkylation sites (tertiary alicyclic amines) is 1. The average molecular weight is 370 g/mol. The Morgan fingerprint density at radius 3 is 2.58 bits per heavy atom. The molecule has 132 valence electrons. The van der Waals surface area contributed by atoms with Crippen LogP contribution < -0.4 is 0 Å². The second-order valence-electron chi connectivity index (χ2n) is 7.54. The summed E-state index contributed by atoms with van der Waals surface area (Å²) in [6.45, 7) is 8.71. The zero-order valence-electron chi connectivity index (χ0n) is 14.5. The minimum atomic E-state index is -1.33. The van der Waals surface area contributed by atoms with Gasteiger partial charge >= 0.3 is 6.09 Å². The molecule has 3 rings (SSSR count). The number of amides is 1. The Labute approximate surface area is 149 Å². The SMILES string of the molecule is Cc1nc2c(s1)C(=N[S+]([O-])C(C)(C)C)C1(CCN(C(=O)O)CC1)C2. The number of thiazole rings is 1. The number of aryl methyl sites for hydroxylation is 1. The Balaban J connectivity index is 1.96. The summed E-state index contributed by atoms with van der Waals surface area (Å²) in [7, 11) is 0. The number of piperidine rings is 1. The van der Waals surface area contributed by atoms with Gasteiger partial charge in [0.2, 0.25) is 0 Å². The molecule has 1 unspecified atom stereocenters. The van der Waals surface area contributed by atoms with Crippen molar-refractivity contribution < 1.29 is 14.5 Å². The summed E-state index contributed by atoms with van der Waals surface area (Å²) in [4.78, 5) is 18.3. The van der Waals surface area contributed by atoms with Crippen LogP contribution in [0.25, 0.3) is 0 Å². The Kier molecular flexibility index (Phi) is 4.42. The summed E-state index contributed by atoms with van der Waals surface area (Å²) in [5.41, 5.74) is 1.71. The summed E-state index contributed by atoms with van der Waals surface area (Å²) >= 11 is 0.273. The van der Waals surface area contributed by atoms with Gasteiger partial charge in [-0.15, -0.1) is 11.3 Å². The van der Waals surface area contributed by atoms with Gasteiger partial charge in [0, 0.05) is 24.9 Å². The van der Waals surface area contributed by atoms with E-state index in [0.29, 0.717) is 25.9 Å². The fraction of sp³-hybridized carbons (Fsp3) is 0.688. The molecule has 0 saturated carbocycles. The molecule has 1 aromatic heterocycles. The molecule has 1 amide bonds. The van der Waals surface area contributed by atoms with Gasteiger partial charge in [-0.3, -0.25) is 0 Å². The van der Waals surface area contributed by atoms with Crippen molar-refractivity contribution in [2.75, 3.05) is 13.1 Å². The zero-order valence-corrected chi connectivity index (χ0v) is 16.1. The van der Waals surface area contributed by atoms with E-state index >= 15 is 0 Å². The molecule has 24 heavy (non-hydrogen) atoms. The Bertz CT molecular complexity index is 685. The van der Waals surface area contributed by atoms with E-state index in [0.717, 1.165) is 27.7 Å². The number of fused-ring (bicyclic) bond motifs is 1. The molecular formula is C16H23N3O3S2. The van der Waals surface area contributed by atoms with Crippen LogP contribution in [0.1, 0.15) is 49.2 Å². The second kappa shape index (κ2) is 6.00. The van der Waals surface area contributed by atoms with Gasteiger partial charge in [0.1, 0.15) is 21.8 Å². The molecule has 0 bridgehead atoms. The van der Waals surface area contributed by atoms with Gasteiger partial charge in [-0.05, 0) is 40.5 Å². The third-order valence-corrected chi connectivity index (χ3v) is 7.13. The smallest absolute Gasteiger partial charge is 0.407 e. The van der Waals surface area contributed by atoms with Crippen molar-refractivity contribution in [3.05, 3.63) is 15.6 Å². The summed E-state index contributed by atoms with van der Waals surface area (Å²) in [6, 6.07) is 0. The number of rotatable bonds is 1. The number of aromatic nitrogens is 1. The molecule has 1 aromatic rings. The fourth-order valence-electron chi connectivity index (χ4n) is 3.32. The Morgan fingerprint density at radius 2 is 2.04 bits per heavy atom. The van der Waals surface area contributed by atoms with Crippen molar-refractivity contribution in [1.29, 1.82) is 0 Å². The van der Waals surface area contributed by atoms with E-state index in [1.165, 1.54) is 4.90 Å². The monoisotopic (exact) mass is 369 g/mol. The summed E-state index contributed by atoms with van der Waals surface area (Å²) in [6.07, 6.45) is 1.33. The van der Waals surface area contributed by atoms with E-state index in [9.17, 15) is 14.5 Å². The lowest BCUT2D eigenvalue weighted by atomic mass is 9.75. The predicted octanol–water partition coefficient (Wildman–Crippen LogP) is 3.02. The first-order valence-corrected chi connectivity index (χ1v) is 10.0. The molecule has 1 atom stereocenters. The van der Waals surface area contributed by atoms with E-state index in [1.54, 1.807) is 11.3 Å². The number of hydrogen-bond acceptors (Lipinski definition) is 5. The Morgan fingerprint density at radius 1 is 1.42 bits per heavy atom. The molecule has 2 heterocycles. The highest BCUT2D eigenvalue weighted by molar-refractivity contribution is 7.91. The Hall–Kier alpha value is -1.12. The lowest BCUT2D eigenvalue weighted by molar-refractivity contribution is 0.114. The van der Waals surface area contributed by atoms with Crippen molar-refractivity contribution in [3.63, 3.8) is 0 Å². The van der Waals surface area contributed by atoms with Crippen LogP contribution in [0.15, 0.2) is 4.40 Å². The molecule has 2 aliphatic rings. The molecule has 0 aromatic carbocycles. The summed E-state index contributed by atoms with van der Waals surface area (Å²) in [5.74, 6) is 0. The summed E-state index contributed by atoms with van der Waals surface area (Å²) < 4.78 is 16.9. The maximum absolute atomic E-state index is 12.6. The van der Waals surface area contributed by atoms with Crippen molar-refractivity contribution >= 4 is 34.5 Å². The second-order valence-corrected chi connectivity index (χ2v) is 10.6. The first kappa shape index (κ1) is 17.7. The van der Waals surface area contributed by atoms with Crippen LogP contribution in [-0.2, 0) is 17.8 Å². The van der Waals surface area contributed by atoms with Crippen LogP contribution in [0.5, 0.6) is 0 Å². The van der Waals surface area contributed by atoms with Crippen molar-refractivity contribution in [3.8, 4) is 0 Å². The number of carboxylic acid groups (broad SMARTS) is 1. The highest BCUT2D eigenvalue weighted by Gasteiger charge is 2.49. The maximum Gasteiger partial charge on any atom is 0.407 e. The zero-order chi connectivity index (χ0) is 17.7. The number of hydrogen-bond donors (Lipinski definition) is 1. The molecule has 1 N–H and O–H groups in total. The van der Waals surface area contributed by atoms with Crippen LogP contribution in [-0.4, -0.2) is 49.2 Å². The van der Waals surface area contributed by atoms with E-state index in [-0.39, 0.29) is 5.41 Å². The average Bonchev–Trinajstić information content (AvgIpc) is 2.94. The van der Waals surface area contributed by atoms with Gasteiger partial charge in [-0.25, -0.2) is 9.78 Å². The minimum Gasteiger partial charge on any atom is -0.591 e. The molecule has 0 radical (unpaired) electrons. The van der Waals surface area contributed by atoms with Crippen LogP contribution in [0, 0.1) is 12.3 Å². The molecule has 6 nitrogen and oxygen atoms in total. The third kappa shape index (κ3) is 3.07. The van der Waals surface area contributed by atoms with Gasteiger partial charge in [0.15, 0.2) is 0 Å². The predicted molar refractivity (Wildman–Crippen MR) is 96.3 cm³/mol. The molecule has 1 aliphatic carbocycles. The lowest BCUT2D eigenvalue weighted by Gasteiger charge is -2.38. The van der Waals surface area contributed by atoms with Crippen molar-refractivity contribution in [2.24, 2.45) is 9.81 Å². The quantitative estimate of drug-likeness (QED) is 0.771. The van der Waals surface area contributed by atoms with Crippen molar-refractivity contribution in [1.82, 2.24) is 9.88 Å². The fourth-order valence-corrected chi connectivity index (χ4v) is 5.15. The van der Waals surface area contributed by atoms with Gasteiger partial charge < -0.3 is 14.6 Å². The van der Waals surface area contributed by atoms with E-state index in [2.05, 4.69) is 9.38 Å². The topological polar surface area (TPSA) is 88.9 Å². The van der Waals surface area contributed by atoms with Crippen LogP contribution >= 0.6 is 11.3 Å². The van der Waals surface area contributed by atoms with E-state index in [4.69, 9.17) is 0 Å². The van der Waals surface area contributed by atoms with Gasteiger partial charge in [0.25, 0.3) is 0 Å². The largest absolute Gasteiger partial charge is 0.591 e. The van der Waals surface area contributed by atoms with Crippen LogP contribution in [0.4, 0.5) is 4.79 Å². The molecule has 1 aliphatic heterocycles. The van der Waals surface area contributed by atoms with E-state index < -0.39 is 22.2 Å². The summed E-state index contributed by atoms with van der Waals surface area (Å²) in [5, 5.41) is 10.2. The standard InChI is InChI=1S/C16H23N3O3S2/c1-10-17-11-9-16(5-7-19(8-6-16)14(20)21)13(12(11)23-10)18-24(22)15(2,3)4/h5-9H2,1-4H3,(H,20,21). The molecule has 1 fully saturated rings. The number of carbonyl (C=O) groups is 1. The van der Waals surface area contributed by atoms with Crippen molar-refractivity contribution in [2.45, 2.75) is 51.7 Å². The first-order valence-electron chi connectivity index (χ1n) is 8.08. The van der Waals surface area contributed by atoms with Crippen LogP contribution in [0.2, 0.25) is 0 Å². The number of nitrogens with zero attached hydrogens (tertiary/aromatic N) is 3. The van der Waals surface area contributed by atoms with Gasteiger partial charge in [-0.1, -0.05) is 4.40 Å². The molecule has 1 saturated heterocycles. The maximum atomic E-state index is 12.6. The van der Waals surface area contributed by atoms with Gasteiger partial charge in [0.05, 0.1) is 15.6 Å². The first-order chi connectivity index (χ1) is 11.1. The highest BCUT2D eigenvalue weighted by atomic mass is 32.2.